The van der Waals surface area contributed by atoms with Gasteiger partial charge in [0.2, 0.25) is 5.91 Å². The lowest BCUT2D eigenvalue weighted by atomic mass is 9.76. The SMILES string of the molecule is Cc1nc(=O)[nH]c(C)c1CCC(=O)NC(c1cccs1)C1CC(O)C1. The lowest BCUT2D eigenvalue weighted by molar-refractivity contribution is -0.123. The lowest BCUT2D eigenvalue weighted by Crippen LogP contribution is -2.41. The minimum Gasteiger partial charge on any atom is -0.393 e. The Morgan fingerprint density at radius 3 is 2.84 bits per heavy atom. The van der Waals surface area contributed by atoms with Gasteiger partial charge in [0.25, 0.3) is 0 Å². The molecule has 2 aromatic heterocycles. The van der Waals surface area contributed by atoms with E-state index in [9.17, 15) is 14.7 Å². The molecule has 3 rings (SSSR count). The number of aromatic amines is 1. The second-order valence-corrected chi connectivity index (χ2v) is 7.66. The number of nitrogens with zero attached hydrogens (tertiary/aromatic N) is 1. The first-order valence-electron chi connectivity index (χ1n) is 8.51. The smallest absolute Gasteiger partial charge is 0.345 e. The summed E-state index contributed by atoms with van der Waals surface area (Å²) >= 11 is 1.63. The zero-order valence-corrected chi connectivity index (χ0v) is 15.2. The van der Waals surface area contributed by atoms with Crippen LogP contribution in [0.5, 0.6) is 0 Å². The average molecular weight is 361 g/mol. The normalized spacial score (nSPS) is 20.8. The first-order chi connectivity index (χ1) is 11.9. The van der Waals surface area contributed by atoms with Crippen LogP contribution in [0.3, 0.4) is 0 Å². The van der Waals surface area contributed by atoms with Crippen LogP contribution >= 0.6 is 11.3 Å². The Labute approximate surface area is 150 Å². The maximum atomic E-state index is 12.5. The molecule has 3 N–H and O–H groups in total. The van der Waals surface area contributed by atoms with Gasteiger partial charge in [-0.05, 0) is 56.0 Å². The highest BCUT2D eigenvalue weighted by Gasteiger charge is 2.36. The van der Waals surface area contributed by atoms with Crippen LogP contribution in [0, 0.1) is 19.8 Å². The molecule has 1 atom stereocenters. The Bertz CT molecular complexity index is 768. The fourth-order valence-corrected chi connectivity index (χ4v) is 4.27. The van der Waals surface area contributed by atoms with Gasteiger partial charge in [0.05, 0.1) is 12.1 Å². The third kappa shape index (κ3) is 4.16. The number of nitrogens with one attached hydrogen (secondary N) is 2. The van der Waals surface area contributed by atoms with Gasteiger partial charge in [0, 0.05) is 22.7 Å². The molecule has 7 heteroatoms. The van der Waals surface area contributed by atoms with Gasteiger partial charge in [-0.1, -0.05) is 6.07 Å². The summed E-state index contributed by atoms with van der Waals surface area (Å²) in [6.07, 6.45) is 2.09. The number of carbonyl (C=O) groups is 1. The van der Waals surface area contributed by atoms with Gasteiger partial charge >= 0.3 is 5.69 Å². The molecule has 2 aromatic rings. The summed E-state index contributed by atoms with van der Waals surface area (Å²) in [5, 5.41) is 14.7. The zero-order valence-electron chi connectivity index (χ0n) is 14.4. The van der Waals surface area contributed by atoms with E-state index in [1.165, 1.54) is 0 Å². The summed E-state index contributed by atoms with van der Waals surface area (Å²) in [6, 6.07) is 3.97. The number of rotatable bonds is 6. The van der Waals surface area contributed by atoms with E-state index in [0.717, 1.165) is 29.0 Å². The number of aryl methyl sites for hydroxylation is 2. The second-order valence-electron chi connectivity index (χ2n) is 6.68. The van der Waals surface area contributed by atoms with Crippen LogP contribution in [0.15, 0.2) is 22.3 Å². The Hall–Kier alpha value is -1.99. The van der Waals surface area contributed by atoms with Crippen LogP contribution in [0.25, 0.3) is 0 Å². The highest BCUT2D eigenvalue weighted by molar-refractivity contribution is 7.10. The predicted molar refractivity (Wildman–Crippen MR) is 96.6 cm³/mol. The molecule has 1 fully saturated rings. The molecule has 0 radical (unpaired) electrons. The summed E-state index contributed by atoms with van der Waals surface area (Å²) < 4.78 is 0. The molecule has 134 valence electrons. The van der Waals surface area contributed by atoms with Crippen molar-refractivity contribution in [2.24, 2.45) is 5.92 Å². The Morgan fingerprint density at radius 2 is 2.24 bits per heavy atom. The van der Waals surface area contributed by atoms with Gasteiger partial charge < -0.3 is 15.4 Å². The molecule has 1 aliphatic rings. The van der Waals surface area contributed by atoms with Crippen molar-refractivity contribution in [1.29, 1.82) is 0 Å². The molecule has 1 aliphatic carbocycles. The first kappa shape index (κ1) is 17.8. The van der Waals surface area contributed by atoms with E-state index in [1.807, 2.05) is 24.4 Å². The van der Waals surface area contributed by atoms with Crippen molar-refractivity contribution < 1.29 is 9.90 Å². The van der Waals surface area contributed by atoms with Gasteiger partial charge in [0.15, 0.2) is 0 Å². The molecular weight excluding hydrogens is 338 g/mol. The summed E-state index contributed by atoms with van der Waals surface area (Å²) in [5.74, 6) is 0.264. The molecular formula is C18H23N3O3S. The largest absolute Gasteiger partial charge is 0.393 e. The summed E-state index contributed by atoms with van der Waals surface area (Å²) in [4.78, 5) is 31.5. The number of thiophene rings is 1. The maximum Gasteiger partial charge on any atom is 0.345 e. The fraction of sp³-hybridized carbons (Fsp3) is 0.500. The standard InChI is InChI=1S/C18H23N3O3S/c1-10-14(11(2)20-18(24)19-10)5-6-16(23)21-17(12-8-13(22)9-12)15-4-3-7-25-15/h3-4,7,12-13,17,22H,5-6,8-9H2,1-2H3,(H,21,23)(H,19,20,24). The molecule has 2 heterocycles. The molecule has 25 heavy (non-hydrogen) atoms. The predicted octanol–water partition coefficient (Wildman–Crippen LogP) is 2.01. The number of aromatic nitrogens is 2. The highest BCUT2D eigenvalue weighted by atomic mass is 32.1. The van der Waals surface area contributed by atoms with Crippen molar-refractivity contribution in [3.8, 4) is 0 Å². The van der Waals surface area contributed by atoms with Crippen LogP contribution < -0.4 is 11.0 Å². The number of hydrogen-bond donors (Lipinski definition) is 3. The molecule has 1 saturated carbocycles. The Kier molecular flexibility index (Phi) is 5.34. The van der Waals surface area contributed by atoms with Crippen LogP contribution in [0.1, 0.15) is 47.1 Å². The summed E-state index contributed by atoms with van der Waals surface area (Å²) in [5.41, 5.74) is 2.00. The maximum absolute atomic E-state index is 12.5. The highest BCUT2D eigenvalue weighted by Crippen LogP contribution is 2.39. The first-order valence-corrected chi connectivity index (χ1v) is 9.39. The van der Waals surface area contributed by atoms with Gasteiger partial charge in [-0.3, -0.25) is 4.79 Å². The number of aliphatic hydroxyl groups excluding tert-OH is 1. The van der Waals surface area contributed by atoms with Gasteiger partial charge in [0.1, 0.15) is 0 Å². The molecule has 6 nitrogen and oxygen atoms in total. The third-order valence-electron chi connectivity index (χ3n) is 4.84. The van der Waals surface area contributed by atoms with E-state index >= 15 is 0 Å². The van der Waals surface area contributed by atoms with Crippen molar-refractivity contribution in [3.63, 3.8) is 0 Å². The minimum atomic E-state index is -0.357. The van der Waals surface area contributed by atoms with Crippen molar-refractivity contribution in [2.45, 2.75) is 51.7 Å². The molecule has 0 saturated heterocycles. The molecule has 1 unspecified atom stereocenters. The van der Waals surface area contributed by atoms with Crippen molar-refractivity contribution in [2.75, 3.05) is 0 Å². The number of amides is 1. The van der Waals surface area contributed by atoms with Crippen LogP contribution in [0.2, 0.25) is 0 Å². The van der Waals surface area contributed by atoms with Crippen molar-refractivity contribution in [3.05, 3.63) is 49.8 Å². The molecule has 0 spiro atoms. The molecule has 0 aliphatic heterocycles. The average Bonchev–Trinajstić information content (AvgIpc) is 3.03. The zero-order chi connectivity index (χ0) is 18.0. The number of H-pyrrole nitrogens is 1. The number of hydrogen-bond acceptors (Lipinski definition) is 5. The molecule has 0 bridgehead atoms. The van der Waals surface area contributed by atoms with Gasteiger partial charge in [-0.25, -0.2) is 4.79 Å². The van der Waals surface area contributed by atoms with E-state index in [1.54, 1.807) is 18.3 Å². The van der Waals surface area contributed by atoms with E-state index in [0.29, 0.717) is 18.5 Å². The topological polar surface area (TPSA) is 95.1 Å². The molecule has 1 amide bonds. The monoisotopic (exact) mass is 361 g/mol. The van der Waals surface area contributed by atoms with E-state index in [4.69, 9.17) is 0 Å². The van der Waals surface area contributed by atoms with Crippen molar-refractivity contribution >= 4 is 17.2 Å². The minimum absolute atomic E-state index is 0.0233. The number of aliphatic hydroxyl groups is 1. The van der Waals surface area contributed by atoms with Crippen LogP contribution in [-0.4, -0.2) is 27.1 Å². The lowest BCUT2D eigenvalue weighted by Gasteiger charge is -2.37. The third-order valence-corrected chi connectivity index (χ3v) is 5.80. The quantitative estimate of drug-likeness (QED) is 0.733. The Balaban J connectivity index is 1.64. The van der Waals surface area contributed by atoms with Gasteiger partial charge in [-0.15, -0.1) is 11.3 Å². The summed E-state index contributed by atoms with van der Waals surface area (Å²) in [6.45, 7) is 3.62. The van der Waals surface area contributed by atoms with Crippen LogP contribution in [-0.2, 0) is 11.2 Å². The van der Waals surface area contributed by atoms with E-state index in [2.05, 4.69) is 15.3 Å². The Morgan fingerprint density at radius 1 is 1.48 bits per heavy atom. The number of carbonyl (C=O) groups excluding carboxylic acids is 1. The summed E-state index contributed by atoms with van der Waals surface area (Å²) in [7, 11) is 0. The van der Waals surface area contributed by atoms with Gasteiger partial charge in [-0.2, -0.15) is 4.98 Å². The second kappa shape index (κ2) is 7.49. The van der Waals surface area contributed by atoms with Crippen molar-refractivity contribution in [1.82, 2.24) is 15.3 Å². The fourth-order valence-electron chi connectivity index (χ4n) is 3.40. The molecule has 0 aromatic carbocycles. The van der Waals surface area contributed by atoms with Crippen LogP contribution in [0.4, 0.5) is 0 Å². The van der Waals surface area contributed by atoms with E-state index in [-0.39, 0.29) is 29.7 Å². The van der Waals surface area contributed by atoms with E-state index < -0.39 is 0 Å².